The van der Waals surface area contributed by atoms with Gasteiger partial charge in [0.25, 0.3) is 11.5 Å². The summed E-state index contributed by atoms with van der Waals surface area (Å²) >= 11 is 9.13. The molecule has 1 aliphatic carbocycles. The SMILES string of the molecule is COCCN1CC[C@@]2(CCN(C[C@H]3CCc4cc(-c5cccc(-c6c(F)ccc(NC(=O)c7ccc(I)n(C)c7=O)c6C)c5Cl)nc(OC)c43)C2)NC1=O. The lowest BCUT2D eigenvalue weighted by Gasteiger charge is -2.40. The van der Waals surface area contributed by atoms with Crippen molar-refractivity contribution in [3.05, 3.63) is 95.7 Å². The number of nitrogens with zero attached hydrogens (tertiary/aromatic N) is 4. The van der Waals surface area contributed by atoms with Crippen molar-refractivity contribution in [2.24, 2.45) is 7.05 Å². The van der Waals surface area contributed by atoms with Crippen LogP contribution in [-0.2, 0) is 18.2 Å². The quantitative estimate of drug-likeness (QED) is 0.136. The fourth-order valence-electron chi connectivity index (χ4n) is 8.18. The summed E-state index contributed by atoms with van der Waals surface area (Å²) in [6, 6.07) is 13.4. The van der Waals surface area contributed by atoms with E-state index < -0.39 is 17.3 Å². The molecule has 2 fully saturated rings. The Hall–Kier alpha value is -4.05. The number of amides is 3. The molecular formula is C40H43ClFIN6O5. The molecule has 1 spiro atoms. The number of aromatic nitrogens is 2. The van der Waals surface area contributed by atoms with Crippen LogP contribution in [0.25, 0.3) is 22.4 Å². The number of ether oxygens (including phenoxy) is 2. The Morgan fingerprint density at radius 2 is 1.91 bits per heavy atom. The number of carbonyl (C=O) groups excluding carboxylic acids is 2. The van der Waals surface area contributed by atoms with Gasteiger partial charge in [-0.1, -0.05) is 29.8 Å². The predicted molar refractivity (Wildman–Crippen MR) is 215 cm³/mol. The lowest BCUT2D eigenvalue weighted by molar-refractivity contribution is 0.102. The zero-order chi connectivity index (χ0) is 38.3. The molecular weight excluding hydrogens is 826 g/mol. The summed E-state index contributed by atoms with van der Waals surface area (Å²) in [5, 5.41) is 6.42. The molecule has 0 unspecified atom stereocenters. The summed E-state index contributed by atoms with van der Waals surface area (Å²) in [5.74, 6) is -0.318. The zero-order valence-electron chi connectivity index (χ0n) is 30.7. The number of likely N-dealkylation sites (tertiary alicyclic amines) is 1. The van der Waals surface area contributed by atoms with Crippen molar-refractivity contribution in [2.45, 2.75) is 44.1 Å². The Morgan fingerprint density at radius 3 is 2.67 bits per heavy atom. The van der Waals surface area contributed by atoms with Crippen molar-refractivity contribution in [1.82, 2.24) is 24.7 Å². The number of anilines is 1. The normalized spacial score (nSPS) is 19.6. The fourth-order valence-corrected chi connectivity index (χ4v) is 8.90. The highest BCUT2D eigenvalue weighted by molar-refractivity contribution is 14.1. The number of hydrogen-bond donors (Lipinski definition) is 2. The van der Waals surface area contributed by atoms with E-state index >= 15 is 4.39 Å². The van der Waals surface area contributed by atoms with Crippen LogP contribution in [-0.4, -0.2) is 90.4 Å². The molecule has 0 saturated carbocycles. The van der Waals surface area contributed by atoms with E-state index in [-0.39, 0.29) is 28.6 Å². The van der Waals surface area contributed by atoms with E-state index in [0.717, 1.165) is 63.0 Å². The minimum atomic E-state index is -0.588. The van der Waals surface area contributed by atoms with Gasteiger partial charge in [0.05, 0.1) is 33.7 Å². The maximum Gasteiger partial charge on any atom is 0.317 e. The Labute approximate surface area is 332 Å². The number of nitrogens with one attached hydrogen (secondary N) is 2. The van der Waals surface area contributed by atoms with Gasteiger partial charge in [0, 0.05) is 80.7 Å². The Bertz CT molecular complexity index is 2200. The molecule has 0 radical (unpaired) electrons. The van der Waals surface area contributed by atoms with Crippen LogP contribution in [0.1, 0.15) is 52.2 Å². The van der Waals surface area contributed by atoms with Gasteiger partial charge in [0.15, 0.2) is 0 Å². The average Bonchev–Trinajstić information content (AvgIpc) is 3.75. The van der Waals surface area contributed by atoms with Crippen molar-refractivity contribution >= 4 is 51.8 Å². The predicted octanol–water partition coefficient (Wildman–Crippen LogP) is 6.62. The van der Waals surface area contributed by atoms with Crippen LogP contribution >= 0.6 is 34.2 Å². The molecule has 2 N–H and O–H groups in total. The van der Waals surface area contributed by atoms with Gasteiger partial charge >= 0.3 is 6.03 Å². The fraction of sp³-hybridized carbons (Fsp3) is 0.400. The van der Waals surface area contributed by atoms with Crippen molar-refractivity contribution in [3.63, 3.8) is 0 Å². The average molecular weight is 869 g/mol. The molecule has 2 atom stereocenters. The monoisotopic (exact) mass is 868 g/mol. The van der Waals surface area contributed by atoms with Crippen LogP contribution in [0.3, 0.4) is 0 Å². The number of rotatable bonds is 10. The van der Waals surface area contributed by atoms with E-state index in [1.165, 1.54) is 22.8 Å². The summed E-state index contributed by atoms with van der Waals surface area (Å²) in [5.41, 5.74) is 4.35. The largest absolute Gasteiger partial charge is 0.481 e. The highest BCUT2D eigenvalue weighted by atomic mass is 127. The van der Waals surface area contributed by atoms with Gasteiger partial charge in [-0.15, -0.1) is 0 Å². The van der Waals surface area contributed by atoms with Gasteiger partial charge in [-0.3, -0.25) is 9.59 Å². The van der Waals surface area contributed by atoms with E-state index in [4.69, 9.17) is 26.1 Å². The molecule has 2 aromatic heterocycles. The van der Waals surface area contributed by atoms with Gasteiger partial charge in [-0.05, 0) is 96.7 Å². The smallest absolute Gasteiger partial charge is 0.317 e. The molecule has 2 aliphatic heterocycles. The second-order valence-corrected chi connectivity index (χ2v) is 15.9. The number of pyridine rings is 2. The minimum Gasteiger partial charge on any atom is -0.481 e. The number of benzene rings is 2. The molecule has 3 amide bonds. The van der Waals surface area contributed by atoms with E-state index in [1.807, 2.05) is 39.6 Å². The van der Waals surface area contributed by atoms with E-state index in [2.05, 4.69) is 21.6 Å². The second kappa shape index (κ2) is 15.6. The molecule has 3 aliphatic rings. The molecule has 4 aromatic rings. The van der Waals surface area contributed by atoms with Gasteiger partial charge in [0.1, 0.15) is 11.4 Å². The van der Waals surface area contributed by atoms with Gasteiger partial charge in [0.2, 0.25) is 5.88 Å². The van der Waals surface area contributed by atoms with Crippen molar-refractivity contribution in [3.8, 4) is 28.3 Å². The maximum absolute atomic E-state index is 15.7. The number of aryl methyl sites for hydroxylation is 1. The first-order valence-corrected chi connectivity index (χ1v) is 19.5. The van der Waals surface area contributed by atoms with Gasteiger partial charge in [-0.25, -0.2) is 14.2 Å². The Balaban J connectivity index is 1.12. The number of carbonyl (C=O) groups is 2. The van der Waals surface area contributed by atoms with Crippen LogP contribution < -0.4 is 20.9 Å². The first kappa shape index (κ1) is 38.2. The maximum atomic E-state index is 15.7. The number of hydrogen-bond acceptors (Lipinski definition) is 7. The minimum absolute atomic E-state index is 0.0176. The molecule has 54 heavy (non-hydrogen) atoms. The summed E-state index contributed by atoms with van der Waals surface area (Å²) in [6.45, 7) is 6.11. The number of fused-ring (bicyclic) bond motifs is 1. The number of methoxy groups -OCH3 is 2. The third-order valence-corrected chi connectivity index (χ3v) is 12.7. The molecule has 2 aromatic carbocycles. The number of halogens is 3. The van der Waals surface area contributed by atoms with Gasteiger partial charge in [-0.2, -0.15) is 0 Å². The van der Waals surface area contributed by atoms with Crippen molar-refractivity contribution in [1.29, 1.82) is 0 Å². The van der Waals surface area contributed by atoms with Crippen LogP contribution in [0.5, 0.6) is 5.88 Å². The molecule has 284 valence electrons. The third-order valence-electron chi connectivity index (χ3n) is 11.2. The molecule has 14 heteroatoms. The summed E-state index contributed by atoms with van der Waals surface area (Å²) in [7, 11) is 4.87. The lowest BCUT2D eigenvalue weighted by atomic mass is 9.92. The summed E-state index contributed by atoms with van der Waals surface area (Å²) < 4.78 is 28.8. The lowest BCUT2D eigenvalue weighted by Crippen LogP contribution is -2.61. The topological polar surface area (TPSA) is 118 Å². The first-order chi connectivity index (χ1) is 25.9. The van der Waals surface area contributed by atoms with Crippen molar-refractivity contribution in [2.75, 3.05) is 58.9 Å². The van der Waals surface area contributed by atoms with E-state index in [1.54, 1.807) is 40.3 Å². The Kier molecular flexibility index (Phi) is 11.0. The number of urea groups is 1. The highest BCUT2D eigenvalue weighted by Crippen LogP contribution is 2.45. The summed E-state index contributed by atoms with van der Waals surface area (Å²) in [4.78, 5) is 48.1. The van der Waals surface area contributed by atoms with E-state index in [0.29, 0.717) is 55.8 Å². The standard InChI is InChI=1S/C40H43ClFIN6O5/c1-23-30(44-36(50)28-10-13-32(43)47(2)38(28)51)12-11-29(42)33(23)27-7-5-6-26(35(27)41)31-20-24-8-9-25(34(24)37(45-31)54-4)21-48-16-14-40(22-48)15-17-49(18-19-53-3)39(52)46-40/h5-7,10-13,20,25H,8-9,14-19,21-22H2,1-4H3,(H,44,50)(H,46,52)/t25-,40-/m1/s1. The van der Waals surface area contributed by atoms with Gasteiger partial charge < -0.3 is 34.5 Å². The van der Waals surface area contributed by atoms with Crippen LogP contribution in [0.15, 0.2) is 53.3 Å². The summed E-state index contributed by atoms with van der Waals surface area (Å²) in [6.07, 6.45) is 3.63. The van der Waals surface area contributed by atoms with Crippen molar-refractivity contribution < 1.29 is 23.5 Å². The van der Waals surface area contributed by atoms with Crippen LogP contribution in [0.4, 0.5) is 14.9 Å². The first-order valence-electron chi connectivity index (χ1n) is 18.0. The second-order valence-electron chi connectivity index (χ2n) is 14.4. The van der Waals surface area contributed by atoms with Crippen LogP contribution in [0.2, 0.25) is 5.02 Å². The van der Waals surface area contributed by atoms with E-state index in [9.17, 15) is 14.4 Å². The zero-order valence-corrected chi connectivity index (χ0v) is 33.6. The van der Waals surface area contributed by atoms with Crippen LogP contribution in [0, 0.1) is 16.4 Å². The third kappa shape index (κ3) is 7.23. The molecule has 11 nitrogen and oxygen atoms in total. The molecule has 4 heterocycles. The molecule has 2 saturated heterocycles. The molecule has 7 rings (SSSR count). The Morgan fingerprint density at radius 1 is 1.13 bits per heavy atom. The molecule has 0 bridgehead atoms. The highest BCUT2D eigenvalue weighted by Gasteiger charge is 2.44.